The second-order valence-electron chi connectivity index (χ2n) is 16.8. The first-order valence-corrected chi connectivity index (χ1v) is 22.0. The predicted molar refractivity (Wildman–Crippen MR) is 265 cm³/mol. The summed E-state index contributed by atoms with van der Waals surface area (Å²) in [6.07, 6.45) is 0. The molecular formula is C61H40N2O. The summed E-state index contributed by atoms with van der Waals surface area (Å²) < 4.78 is 6.57. The average Bonchev–Trinajstić information content (AvgIpc) is 3.89. The molecule has 2 heterocycles. The van der Waals surface area contributed by atoms with Crippen LogP contribution >= 0.6 is 0 Å². The highest BCUT2D eigenvalue weighted by molar-refractivity contribution is 6.09. The fraction of sp³-hybridized carbons (Fsp3) is 0.0164. The number of nitrogens with zero attached hydrogens (tertiary/aromatic N) is 2. The fourth-order valence-corrected chi connectivity index (χ4v) is 10.8. The molecule has 0 saturated heterocycles. The minimum absolute atomic E-state index is 0.531. The molecule has 64 heavy (non-hydrogen) atoms. The van der Waals surface area contributed by atoms with Crippen molar-refractivity contribution < 1.29 is 4.42 Å². The molecule has 1 aromatic heterocycles. The van der Waals surface area contributed by atoms with E-state index in [1.807, 2.05) is 6.07 Å². The van der Waals surface area contributed by atoms with Crippen molar-refractivity contribution in [3.63, 3.8) is 0 Å². The summed E-state index contributed by atoms with van der Waals surface area (Å²) in [5.41, 5.74) is 20.2. The SMILES string of the molecule is c1ccc(-c2ccc(N(c3cccc(-c4cccc5c4oc4ccccc45)c3)c3ccc4c(c3)-c3ccccc3C43c4ccccc4N(c4ccccc4)c4ccccc43)cc2)cc1. The summed E-state index contributed by atoms with van der Waals surface area (Å²) in [5.74, 6) is 0. The maximum absolute atomic E-state index is 6.57. The minimum atomic E-state index is -0.531. The average molecular weight is 817 g/mol. The van der Waals surface area contributed by atoms with E-state index in [0.29, 0.717) is 0 Å². The molecule has 11 aromatic rings. The van der Waals surface area contributed by atoms with Crippen molar-refractivity contribution >= 4 is 56.1 Å². The van der Waals surface area contributed by atoms with Crippen LogP contribution in [0.25, 0.3) is 55.3 Å². The number of hydrogen-bond acceptors (Lipinski definition) is 3. The monoisotopic (exact) mass is 816 g/mol. The Balaban J connectivity index is 1.02. The first-order valence-electron chi connectivity index (χ1n) is 22.0. The van der Waals surface area contributed by atoms with Crippen LogP contribution in [-0.2, 0) is 5.41 Å². The standard InChI is InChI=1S/C61H40N2O/c1-3-17-41(18-4-1)42-33-35-45(36-34-42)62(46-22-15-19-43(39-46)48-25-16-26-51-50-24-8-14-32-59(50)64-60(48)51)47-37-38-54-52(40-47)49-23-7-9-27-53(49)61(54)55-28-10-12-30-57(55)63(44-20-5-2-6-21-44)58-31-13-11-29-56(58)61/h1-40H. The molecule has 3 nitrogen and oxygen atoms in total. The number of hydrogen-bond donors (Lipinski definition) is 0. The summed E-state index contributed by atoms with van der Waals surface area (Å²) in [6, 6.07) is 88.3. The van der Waals surface area contributed by atoms with Crippen LogP contribution in [0.15, 0.2) is 247 Å². The van der Waals surface area contributed by atoms with Crippen LogP contribution in [0, 0.1) is 0 Å². The van der Waals surface area contributed by atoms with Crippen LogP contribution in [-0.4, -0.2) is 0 Å². The number of para-hydroxylation sites is 5. The van der Waals surface area contributed by atoms with Gasteiger partial charge in [-0.15, -0.1) is 0 Å². The normalized spacial score (nSPS) is 13.1. The van der Waals surface area contributed by atoms with E-state index in [1.54, 1.807) is 0 Å². The molecule has 0 amide bonds. The number of benzene rings is 10. The van der Waals surface area contributed by atoms with Gasteiger partial charge in [-0.3, -0.25) is 0 Å². The quantitative estimate of drug-likeness (QED) is 0.167. The van der Waals surface area contributed by atoms with E-state index in [0.717, 1.165) is 55.8 Å². The molecule has 0 unspecified atom stereocenters. The molecule has 0 fully saturated rings. The molecule has 2 aliphatic rings. The second-order valence-corrected chi connectivity index (χ2v) is 16.8. The summed E-state index contributed by atoms with van der Waals surface area (Å²) in [5, 5.41) is 2.25. The van der Waals surface area contributed by atoms with E-state index in [9.17, 15) is 0 Å². The fourth-order valence-electron chi connectivity index (χ4n) is 10.8. The maximum Gasteiger partial charge on any atom is 0.143 e. The zero-order chi connectivity index (χ0) is 42.2. The van der Waals surface area contributed by atoms with E-state index < -0.39 is 5.41 Å². The second kappa shape index (κ2) is 14.3. The van der Waals surface area contributed by atoms with Crippen molar-refractivity contribution in [2.24, 2.45) is 0 Å². The Morgan fingerprint density at radius 2 is 0.891 bits per heavy atom. The minimum Gasteiger partial charge on any atom is -0.455 e. The molecule has 300 valence electrons. The molecule has 1 aliphatic heterocycles. The molecule has 10 aromatic carbocycles. The molecule has 0 bridgehead atoms. The van der Waals surface area contributed by atoms with Crippen molar-refractivity contribution in [2.45, 2.75) is 5.41 Å². The van der Waals surface area contributed by atoms with Crippen LogP contribution < -0.4 is 9.80 Å². The van der Waals surface area contributed by atoms with Crippen LogP contribution in [0.1, 0.15) is 22.3 Å². The lowest BCUT2D eigenvalue weighted by Crippen LogP contribution is -2.36. The Kier molecular flexibility index (Phi) is 8.13. The van der Waals surface area contributed by atoms with Gasteiger partial charge in [-0.1, -0.05) is 176 Å². The van der Waals surface area contributed by atoms with E-state index in [1.165, 1.54) is 55.9 Å². The van der Waals surface area contributed by atoms with Gasteiger partial charge in [0.2, 0.25) is 0 Å². The van der Waals surface area contributed by atoms with Gasteiger partial charge < -0.3 is 14.2 Å². The first kappa shape index (κ1) is 36.3. The lowest BCUT2D eigenvalue weighted by atomic mass is 9.64. The molecule has 0 radical (unpaired) electrons. The number of fused-ring (bicyclic) bond motifs is 12. The van der Waals surface area contributed by atoms with Crippen molar-refractivity contribution in [1.82, 2.24) is 0 Å². The zero-order valence-corrected chi connectivity index (χ0v) is 34.9. The Labute approximate surface area is 372 Å². The van der Waals surface area contributed by atoms with Gasteiger partial charge in [0.05, 0.1) is 16.8 Å². The van der Waals surface area contributed by atoms with Crippen LogP contribution in [0.4, 0.5) is 34.1 Å². The topological polar surface area (TPSA) is 19.6 Å². The van der Waals surface area contributed by atoms with Crippen molar-refractivity contribution in [3.05, 3.63) is 265 Å². The number of anilines is 6. The summed E-state index contributed by atoms with van der Waals surface area (Å²) in [6.45, 7) is 0. The molecule has 0 atom stereocenters. The summed E-state index contributed by atoms with van der Waals surface area (Å²) in [4.78, 5) is 4.84. The highest BCUT2D eigenvalue weighted by Gasteiger charge is 2.51. The highest BCUT2D eigenvalue weighted by Crippen LogP contribution is 2.63. The van der Waals surface area contributed by atoms with Gasteiger partial charge in [-0.25, -0.2) is 0 Å². The molecule has 13 rings (SSSR count). The van der Waals surface area contributed by atoms with Gasteiger partial charge in [0.15, 0.2) is 0 Å². The van der Waals surface area contributed by atoms with Crippen LogP contribution in [0.3, 0.4) is 0 Å². The third-order valence-corrected chi connectivity index (χ3v) is 13.5. The van der Waals surface area contributed by atoms with Gasteiger partial charge in [0, 0.05) is 39.1 Å². The predicted octanol–water partition coefficient (Wildman–Crippen LogP) is 16.5. The van der Waals surface area contributed by atoms with Gasteiger partial charge >= 0.3 is 0 Å². The van der Waals surface area contributed by atoms with Gasteiger partial charge in [0.25, 0.3) is 0 Å². The smallest absolute Gasteiger partial charge is 0.143 e. The largest absolute Gasteiger partial charge is 0.455 e. The first-order chi connectivity index (χ1) is 31.8. The van der Waals surface area contributed by atoms with Crippen LogP contribution in [0.2, 0.25) is 0 Å². The van der Waals surface area contributed by atoms with Crippen LogP contribution in [0.5, 0.6) is 0 Å². The Morgan fingerprint density at radius 1 is 0.344 bits per heavy atom. The number of rotatable bonds is 6. The molecule has 0 saturated carbocycles. The zero-order valence-electron chi connectivity index (χ0n) is 34.9. The lowest BCUT2D eigenvalue weighted by Gasteiger charge is -2.45. The highest BCUT2D eigenvalue weighted by atomic mass is 16.3. The molecule has 3 heteroatoms. The third kappa shape index (κ3) is 5.34. The summed E-state index contributed by atoms with van der Waals surface area (Å²) >= 11 is 0. The number of furan rings is 1. The molecular weight excluding hydrogens is 777 g/mol. The van der Waals surface area contributed by atoms with E-state index >= 15 is 0 Å². The van der Waals surface area contributed by atoms with Crippen molar-refractivity contribution in [3.8, 4) is 33.4 Å². The lowest BCUT2D eigenvalue weighted by molar-refractivity contribution is 0.670. The van der Waals surface area contributed by atoms with E-state index in [4.69, 9.17) is 4.42 Å². The van der Waals surface area contributed by atoms with Crippen molar-refractivity contribution in [1.29, 1.82) is 0 Å². The van der Waals surface area contributed by atoms with Crippen molar-refractivity contribution in [2.75, 3.05) is 9.80 Å². The molecule has 1 aliphatic carbocycles. The molecule has 0 N–H and O–H groups in total. The Bertz CT molecular complexity index is 3520. The van der Waals surface area contributed by atoms with Gasteiger partial charge in [-0.05, 0) is 117 Å². The van der Waals surface area contributed by atoms with Gasteiger partial charge in [0.1, 0.15) is 11.2 Å². The Hall–Kier alpha value is -8.40. The maximum atomic E-state index is 6.57. The van der Waals surface area contributed by atoms with Gasteiger partial charge in [-0.2, -0.15) is 0 Å². The van der Waals surface area contributed by atoms with E-state index in [-0.39, 0.29) is 0 Å². The summed E-state index contributed by atoms with van der Waals surface area (Å²) in [7, 11) is 0. The van der Waals surface area contributed by atoms with E-state index in [2.05, 4.69) is 246 Å². The Morgan fingerprint density at radius 3 is 1.67 bits per heavy atom. The third-order valence-electron chi connectivity index (χ3n) is 13.5. The molecule has 1 spiro atoms.